The smallest absolute Gasteiger partial charge is 0.293 e. The molecule has 0 unspecified atom stereocenters. The zero-order valence-electron chi connectivity index (χ0n) is 42.5. The maximum Gasteiger partial charge on any atom is 0.293 e. The summed E-state index contributed by atoms with van der Waals surface area (Å²) in [5.74, 6) is -0.197. The van der Waals surface area contributed by atoms with Crippen molar-refractivity contribution in [3.63, 3.8) is 0 Å². The number of morpholine rings is 2. The number of aromatic amines is 1. The summed E-state index contributed by atoms with van der Waals surface area (Å²) >= 11 is 0. The van der Waals surface area contributed by atoms with Crippen LogP contribution in [-0.2, 0) is 19.5 Å². The van der Waals surface area contributed by atoms with Crippen molar-refractivity contribution in [2.75, 3.05) is 85.7 Å². The standard InChI is InChI=1S/C55H68FN9O8S/c1-35(2)41-6-4-5-7-42(41)50-34-73-24-22-62(50)39-29-55(30-39)17-20-61(21-18-55)37-8-10-43(47(26-37)64-19-14-38-33-72-25-23-63(38)52-49(64)28-44-45(56)32-58-51(44)59-52)53(66)60-74(70,71)40-9-11-46(48(27-40)65(68)69)57-31-36-12-15-54(3,67)16-13-36/h4-11,26-28,32,35-36,38-39,50,57,67H,12-25,29-31,33-34H2,1-3H3,(H,58,59)(H,60,66)/t36?,38-,50+,54?/m1/s1. The van der Waals surface area contributed by atoms with E-state index in [4.69, 9.17) is 14.5 Å². The van der Waals surface area contributed by atoms with Crippen LogP contribution in [0, 0.1) is 27.3 Å². The monoisotopic (exact) mass is 1030 g/mol. The lowest BCUT2D eigenvalue weighted by molar-refractivity contribution is -0.384. The maximum atomic E-state index is 15.4. The molecule has 0 radical (unpaired) electrons. The van der Waals surface area contributed by atoms with Crippen molar-refractivity contribution in [1.29, 1.82) is 0 Å². The number of nitro groups is 1. The van der Waals surface area contributed by atoms with Crippen LogP contribution in [0.4, 0.5) is 38.6 Å². The first kappa shape index (κ1) is 50.3. The van der Waals surface area contributed by atoms with E-state index in [0.717, 1.165) is 76.5 Å². The number of pyridine rings is 1. The number of hydrogen-bond donors (Lipinski definition) is 4. The molecule has 2 aliphatic carbocycles. The van der Waals surface area contributed by atoms with Crippen LogP contribution in [0.2, 0.25) is 0 Å². The van der Waals surface area contributed by atoms with Gasteiger partial charge in [0.15, 0.2) is 5.82 Å². The first-order valence-electron chi connectivity index (χ1n) is 26.5. The Morgan fingerprint density at radius 2 is 1.69 bits per heavy atom. The number of carbonyl (C=O) groups is 1. The van der Waals surface area contributed by atoms with Crippen LogP contribution in [0.3, 0.4) is 0 Å². The molecule has 5 fully saturated rings. The minimum Gasteiger partial charge on any atom is -0.390 e. The third-order valence-electron chi connectivity index (χ3n) is 17.2. The van der Waals surface area contributed by atoms with Crippen LogP contribution >= 0.6 is 0 Å². The van der Waals surface area contributed by atoms with Crippen molar-refractivity contribution >= 4 is 61.2 Å². The minimum absolute atomic E-state index is 0.0581. The Hall–Kier alpha value is -5.86. The van der Waals surface area contributed by atoms with Crippen molar-refractivity contribution in [2.45, 2.75) is 113 Å². The number of amides is 1. The fourth-order valence-corrected chi connectivity index (χ4v) is 13.8. The van der Waals surface area contributed by atoms with E-state index in [2.05, 4.69) is 67.8 Å². The zero-order valence-corrected chi connectivity index (χ0v) is 43.3. The minimum atomic E-state index is -4.66. The SMILES string of the molecule is CC(C)c1ccccc1[C@@H]1COCCN1C1CC2(CCN(c3ccc(C(=O)NS(=O)(=O)c4ccc(NCC5CCC(C)(O)CC5)c([N+](=O)[O-])c4)c(N4CC[C@@H]5COCCN5c5nc6[nH]cc(F)c6cc54)c3)CC2)C1. The van der Waals surface area contributed by atoms with E-state index in [1.165, 1.54) is 29.5 Å². The van der Waals surface area contributed by atoms with Gasteiger partial charge in [0.1, 0.15) is 17.2 Å². The molecule has 17 nitrogen and oxygen atoms in total. The zero-order chi connectivity index (χ0) is 51.5. The predicted molar refractivity (Wildman–Crippen MR) is 283 cm³/mol. The lowest BCUT2D eigenvalue weighted by Crippen LogP contribution is -2.58. The van der Waals surface area contributed by atoms with Crippen molar-refractivity contribution in [3.8, 4) is 0 Å². The molecule has 2 saturated carbocycles. The Labute approximate surface area is 432 Å². The Morgan fingerprint density at radius 1 is 0.932 bits per heavy atom. The predicted octanol–water partition coefficient (Wildman–Crippen LogP) is 8.77. The van der Waals surface area contributed by atoms with Crippen LogP contribution in [0.1, 0.15) is 112 Å². The summed E-state index contributed by atoms with van der Waals surface area (Å²) in [5, 5.41) is 26.2. The lowest BCUT2D eigenvalue weighted by atomic mass is 9.59. The molecule has 1 spiro atoms. The Kier molecular flexibility index (Phi) is 13.6. The normalized spacial score (nSPS) is 24.6. The number of aromatic nitrogens is 2. The van der Waals surface area contributed by atoms with Gasteiger partial charge in [-0.15, -0.1) is 0 Å². The number of nitro benzene ring substituents is 1. The van der Waals surface area contributed by atoms with E-state index < -0.39 is 42.9 Å². The van der Waals surface area contributed by atoms with Gasteiger partial charge in [-0.2, -0.15) is 0 Å². The summed E-state index contributed by atoms with van der Waals surface area (Å²) in [6.07, 6.45) is 8.86. The van der Waals surface area contributed by atoms with Gasteiger partial charge in [-0.1, -0.05) is 38.1 Å². The lowest BCUT2D eigenvalue weighted by Gasteiger charge is -2.57. The molecule has 0 bridgehead atoms. The van der Waals surface area contributed by atoms with Gasteiger partial charge in [0.25, 0.3) is 21.6 Å². The largest absolute Gasteiger partial charge is 0.390 e. The molecule has 3 saturated heterocycles. The Balaban J connectivity index is 0.873. The summed E-state index contributed by atoms with van der Waals surface area (Å²) in [7, 11) is -4.66. The number of nitrogens with one attached hydrogen (secondary N) is 3. The van der Waals surface area contributed by atoms with Crippen molar-refractivity contribution in [3.05, 3.63) is 106 Å². The van der Waals surface area contributed by atoms with Gasteiger partial charge in [0.05, 0.1) is 76.3 Å². The summed E-state index contributed by atoms with van der Waals surface area (Å²) < 4.78 is 58.1. The second-order valence-corrected chi connectivity index (χ2v) is 24.0. The molecule has 5 aromatic rings. The summed E-state index contributed by atoms with van der Waals surface area (Å²) in [6.45, 7) is 12.5. The number of benzene rings is 3. The molecule has 6 heterocycles. The molecular weight excluding hydrogens is 966 g/mol. The number of aliphatic hydroxyl groups is 1. The van der Waals surface area contributed by atoms with E-state index in [-0.39, 0.29) is 40.1 Å². The number of carbonyl (C=O) groups excluding carboxylic acids is 1. The molecule has 3 aromatic carbocycles. The fourth-order valence-electron chi connectivity index (χ4n) is 12.8. The van der Waals surface area contributed by atoms with Crippen molar-refractivity contribution in [2.24, 2.45) is 11.3 Å². The summed E-state index contributed by atoms with van der Waals surface area (Å²) in [5.41, 5.74) is 4.26. The number of sulfonamides is 1. The third-order valence-corrected chi connectivity index (χ3v) is 18.5. The first-order valence-corrected chi connectivity index (χ1v) is 28.0. The number of fused-ring (bicyclic) bond motifs is 4. The van der Waals surface area contributed by atoms with Crippen LogP contribution in [-0.4, -0.2) is 123 Å². The second-order valence-electron chi connectivity index (χ2n) is 22.3. The molecule has 19 heteroatoms. The van der Waals surface area contributed by atoms with Gasteiger partial charge in [-0.25, -0.2) is 22.5 Å². The molecule has 6 aliphatic rings. The number of hydrogen-bond acceptors (Lipinski definition) is 14. The molecule has 2 atom stereocenters. The molecular formula is C55H68FN9O8S. The van der Waals surface area contributed by atoms with Gasteiger partial charge in [0.2, 0.25) is 0 Å². The van der Waals surface area contributed by atoms with Gasteiger partial charge in [-0.3, -0.25) is 19.8 Å². The average Bonchev–Trinajstić information content (AvgIpc) is 3.67. The third kappa shape index (κ3) is 9.81. The highest BCUT2D eigenvalue weighted by atomic mass is 32.2. The van der Waals surface area contributed by atoms with E-state index in [1.807, 2.05) is 24.0 Å². The number of H-pyrrole nitrogens is 1. The topological polar surface area (TPSA) is 199 Å². The number of halogens is 1. The average molecular weight is 1030 g/mol. The summed E-state index contributed by atoms with van der Waals surface area (Å²) in [6, 6.07) is 20.2. The summed E-state index contributed by atoms with van der Waals surface area (Å²) in [4.78, 5) is 43.1. The number of anilines is 5. The molecule has 74 heavy (non-hydrogen) atoms. The maximum absolute atomic E-state index is 15.4. The van der Waals surface area contributed by atoms with E-state index in [1.54, 1.807) is 12.1 Å². The fraction of sp³-hybridized carbons (Fsp3) is 0.527. The van der Waals surface area contributed by atoms with Crippen LogP contribution in [0.25, 0.3) is 11.0 Å². The number of ether oxygens (including phenoxy) is 2. The van der Waals surface area contributed by atoms with Gasteiger partial charge >= 0.3 is 0 Å². The number of rotatable bonds is 12. The van der Waals surface area contributed by atoms with Crippen LogP contribution in [0.15, 0.2) is 77.8 Å². The van der Waals surface area contributed by atoms with E-state index >= 15 is 4.39 Å². The van der Waals surface area contributed by atoms with Crippen LogP contribution in [0.5, 0.6) is 0 Å². The molecule has 2 aromatic heterocycles. The highest BCUT2D eigenvalue weighted by Crippen LogP contribution is 2.54. The quantitative estimate of drug-likeness (QED) is 0.0683. The molecule has 11 rings (SSSR count). The van der Waals surface area contributed by atoms with E-state index in [0.29, 0.717) is 93.5 Å². The molecule has 4 N–H and O–H groups in total. The molecule has 4 aliphatic heterocycles. The highest BCUT2D eigenvalue weighted by molar-refractivity contribution is 7.90. The van der Waals surface area contributed by atoms with Crippen molar-refractivity contribution < 1.29 is 37.1 Å². The Morgan fingerprint density at radius 3 is 2.46 bits per heavy atom. The van der Waals surface area contributed by atoms with Gasteiger partial charge < -0.3 is 39.6 Å². The van der Waals surface area contributed by atoms with Crippen molar-refractivity contribution in [1.82, 2.24) is 19.6 Å². The number of nitrogens with zero attached hydrogens (tertiary/aromatic N) is 6. The Bertz CT molecular complexity index is 3030. The van der Waals surface area contributed by atoms with E-state index in [9.17, 15) is 28.4 Å². The van der Waals surface area contributed by atoms with Gasteiger partial charge in [0, 0.05) is 63.3 Å². The van der Waals surface area contributed by atoms with Crippen LogP contribution < -0.4 is 24.7 Å². The van der Waals surface area contributed by atoms with Gasteiger partial charge in [-0.05, 0) is 129 Å². The number of piperidine rings is 1. The second kappa shape index (κ2) is 20.0. The molecule has 1 amide bonds. The highest BCUT2D eigenvalue weighted by Gasteiger charge is 2.50. The molecule has 394 valence electrons. The first-order chi connectivity index (χ1) is 35.6.